The van der Waals surface area contributed by atoms with Crippen LogP contribution in [0.25, 0.3) is 28.0 Å². The normalized spacial score (nSPS) is 14.8. The Labute approximate surface area is 181 Å². The maximum Gasteiger partial charge on any atom is 0.416 e. The molecule has 0 spiro atoms. The summed E-state index contributed by atoms with van der Waals surface area (Å²) in [6.45, 7) is 2.44. The van der Waals surface area contributed by atoms with Crippen molar-refractivity contribution in [1.82, 2.24) is 19.7 Å². The van der Waals surface area contributed by atoms with Gasteiger partial charge in [0.2, 0.25) is 5.95 Å². The zero-order valence-corrected chi connectivity index (χ0v) is 16.9. The van der Waals surface area contributed by atoms with Gasteiger partial charge in [-0.1, -0.05) is 30.3 Å². The second-order valence-corrected chi connectivity index (χ2v) is 7.38. The summed E-state index contributed by atoms with van der Waals surface area (Å²) >= 11 is 0. The van der Waals surface area contributed by atoms with E-state index in [0.717, 1.165) is 17.7 Å². The molecule has 0 saturated carbocycles. The average Bonchev–Trinajstić information content (AvgIpc) is 3.15. The van der Waals surface area contributed by atoms with E-state index in [1.807, 2.05) is 35.2 Å². The van der Waals surface area contributed by atoms with Crippen LogP contribution in [-0.2, 0) is 10.9 Å². The van der Waals surface area contributed by atoms with Gasteiger partial charge in [-0.05, 0) is 24.3 Å². The Balaban J connectivity index is 1.68. The van der Waals surface area contributed by atoms with Gasteiger partial charge in [0.1, 0.15) is 5.82 Å². The molecule has 2 aromatic heterocycles. The van der Waals surface area contributed by atoms with Gasteiger partial charge in [0, 0.05) is 18.7 Å². The van der Waals surface area contributed by atoms with Crippen LogP contribution in [0.15, 0.2) is 54.6 Å². The molecule has 7 nitrogen and oxygen atoms in total. The van der Waals surface area contributed by atoms with Crippen molar-refractivity contribution in [2.75, 3.05) is 36.9 Å². The van der Waals surface area contributed by atoms with Crippen LogP contribution in [-0.4, -0.2) is 46.1 Å². The first-order valence-electron chi connectivity index (χ1n) is 10.0. The number of aromatic nitrogens is 4. The molecule has 0 amide bonds. The van der Waals surface area contributed by atoms with E-state index in [9.17, 15) is 13.2 Å². The number of nitrogens with two attached hydrogens (primary N) is 1. The highest BCUT2D eigenvalue weighted by molar-refractivity contribution is 5.99. The molecule has 2 N–H and O–H groups in total. The lowest BCUT2D eigenvalue weighted by Crippen LogP contribution is -2.37. The van der Waals surface area contributed by atoms with Crippen molar-refractivity contribution in [3.63, 3.8) is 0 Å². The molecule has 0 bridgehead atoms. The fraction of sp³-hybridized carbons (Fsp3) is 0.227. The van der Waals surface area contributed by atoms with Gasteiger partial charge in [0.15, 0.2) is 5.65 Å². The summed E-state index contributed by atoms with van der Waals surface area (Å²) in [5.41, 5.74) is 7.92. The minimum atomic E-state index is -4.42. The predicted molar refractivity (Wildman–Crippen MR) is 115 cm³/mol. The standard InChI is InChI=1S/C22H19F3N6O/c23-22(24,25)15-6-8-16(9-7-15)31-19(26)17-18(14-4-2-1-3-5-14)27-21(28-20(17)29-31)30-10-12-32-13-11-30/h1-9H,10-13,26H2. The number of hydrogen-bond donors (Lipinski definition) is 1. The second-order valence-electron chi connectivity index (χ2n) is 7.38. The molecule has 0 atom stereocenters. The zero-order chi connectivity index (χ0) is 22.3. The highest BCUT2D eigenvalue weighted by Crippen LogP contribution is 2.34. The molecule has 0 unspecified atom stereocenters. The van der Waals surface area contributed by atoms with Crippen molar-refractivity contribution in [3.05, 3.63) is 60.2 Å². The number of nitrogen functional groups attached to an aromatic ring is 1. The molecule has 0 radical (unpaired) electrons. The largest absolute Gasteiger partial charge is 0.416 e. The third kappa shape index (κ3) is 3.62. The molecule has 1 fully saturated rings. The highest BCUT2D eigenvalue weighted by atomic mass is 19.4. The molecule has 4 aromatic rings. The predicted octanol–water partition coefficient (Wildman–Crippen LogP) is 3.92. The topological polar surface area (TPSA) is 82.1 Å². The van der Waals surface area contributed by atoms with Crippen LogP contribution in [0.1, 0.15) is 5.56 Å². The van der Waals surface area contributed by atoms with Gasteiger partial charge >= 0.3 is 6.18 Å². The van der Waals surface area contributed by atoms with Crippen molar-refractivity contribution in [2.45, 2.75) is 6.18 Å². The summed E-state index contributed by atoms with van der Waals surface area (Å²) in [6, 6.07) is 14.2. The minimum absolute atomic E-state index is 0.257. The van der Waals surface area contributed by atoms with Crippen molar-refractivity contribution in [1.29, 1.82) is 0 Å². The summed E-state index contributed by atoms with van der Waals surface area (Å²) in [5.74, 6) is 0.767. The molecule has 164 valence electrons. The number of morpholine rings is 1. The van der Waals surface area contributed by atoms with Crippen LogP contribution in [0.2, 0.25) is 0 Å². The van der Waals surface area contributed by atoms with Gasteiger partial charge in [0.25, 0.3) is 0 Å². The van der Waals surface area contributed by atoms with Gasteiger partial charge in [0.05, 0.1) is 35.5 Å². The summed E-state index contributed by atoms with van der Waals surface area (Å²) in [7, 11) is 0. The number of ether oxygens (including phenoxy) is 1. The van der Waals surface area contributed by atoms with Gasteiger partial charge < -0.3 is 15.4 Å². The van der Waals surface area contributed by atoms with E-state index in [-0.39, 0.29) is 5.82 Å². The molecule has 32 heavy (non-hydrogen) atoms. The maximum absolute atomic E-state index is 13.0. The summed E-state index contributed by atoms with van der Waals surface area (Å²) in [5, 5.41) is 5.07. The van der Waals surface area contributed by atoms with Crippen LogP contribution in [0.4, 0.5) is 24.9 Å². The Morgan fingerprint density at radius 3 is 2.25 bits per heavy atom. The van der Waals surface area contributed by atoms with Crippen molar-refractivity contribution >= 4 is 22.8 Å². The van der Waals surface area contributed by atoms with Gasteiger partial charge in [-0.15, -0.1) is 5.10 Å². The molecule has 3 heterocycles. The van der Waals surface area contributed by atoms with E-state index in [1.54, 1.807) is 0 Å². The third-order valence-corrected chi connectivity index (χ3v) is 5.34. The zero-order valence-electron chi connectivity index (χ0n) is 16.9. The lowest BCUT2D eigenvalue weighted by Gasteiger charge is -2.27. The summed E-state index contributed by atoms with van der Waals surface area (Å²) < 4.78 is 45.7. The van der Waals surface area contributed by atoms with E-state index in [2.05, 4.69) is 10.1 Å². The summed E-state index contributed by atoms with van der Waals surface area (Å²) in [6.07, 6.45) is -4.42. The smallest absolute Gasteiger partial charge is 0.383 e. The van der Waals surface area contributed by atoms with E-state index in [4.69, 9.17) is 15.5 Å². The van der Waals surface area contributed by atoms with Crippen molar-refractivity contribution in [2.24, 2.45) is 0 Å². The van der Waals surface area contributed by atoms with E-state index in [1.165, 1.54) is 16.8 Å². The summed E-state index contributed by atoms with van der Waals surface area (Å²) in [4.78, 5) is 11.4. The number of benzene rings is 2. The first-order valence-corrected chi connectivity index (χ1v) is 10.0. The van der Waals surface area contributed by atoms with Crippen LogP contribution in [0.5, 0.6) is 0 Å². The Bertz CT molecular complexity index is 1250. The molecule has 0 aliphatic carbocycles. The van der Waals surface area contributed by atoms with Crippen LogP contribution < -0.4 is 10.6 Å². The lowest BCUT2D eigenvalue weighted by molar-refractivity contribution is -0.137. The SMILES string of the molecule is Nc1c2c(-c3ccccc3)nc(N3CCOCC3)nc2nn1-c1ccc(C(F)(F)F)cc1. The maximum atomic E-state index is 13.0. The molecule has 1 aliphatic rings. The number of anilines is 2. The number of hydrogen-bond acceptors (Lipinski definition) is 6. The number of rotatable bonds is 3. The monoisotopic (exact) mass is 440 g/mol. The molecule has 10 heteroatoms. The van der Waals surface area contributed by atoms with Crippen LogP contribution in [0.3, 0.4) is 0 Å². The average molecular weight is 440 g/mol. The highest BCUT2D eigenvalue weighted by Gasteiger charge is 2.30. The number of alkyl halides is 3. The number of nitrogens with zero attached hydrogens (tertiary/aromatic N) is 5. The number of halogens is 3. The molecule has 2 aromatic carbocycles. The van der Waals surface area contributed by atoms with Crippen LogP contribution in [0, 0.1) is 0 Å². The number of fused-ring (bicyclic) bond motifs is 1. The van der Waals surface area contributed by atoms with Crippen molar-refractivity contribution < 1.29 is 17.9 Å². The first-order chi connectivity index (χ1) is 15.4. The Kier molecular flexibility index (Phi) is 4.93. The van der Waals surface area contributed by atoms with Crippen LogP contribution >= 0.6 is 0 Å². The van der Waals surface area contributed by atoms with Gasteiger partial charge in [-0.2, -0.15) is 18.2 Å². The third-order valence-electron chi connectivity index (χ3n) is 5.34. The Morgan fingerprint density at radius 1 is 0.906 bits per heavy atom. The van der Waals surface area contributed by atoms with Gasteiger partial charge in [-0.3, -0.25) is 0 Å². The molecular formula is C22H19F3N6O. The molecule has 1 aliphatic heterocycles. The Hall–Kier alpha value is -3.66. The van der Waals surface area contributed by atoms with E-state index < -0.39 is 11.7 Å². The quantitative estimate of drug-likeness (QED) is 0.520. The lowest BCUT2D eigenvalue weighted by atomic mass is 10.1. The van der Waals surface area contributed by atoms with Crippen molar-refractivity contribution in [3.8, 4) is 16.9 Å². The van der Waals surface area contributed by atoms with E-state index in [0.29, 0.717) is 54.7 Å². The second kappa shape index (κ2) is 7.79. The van der Waals surface area contributed by atoms with E-state index >= 15 is 0 Å². The molecule has 5 rings (SSSR count). The molecule has 1 saturated heterocycles. The minimum Gasteiger partial charge on any atom is -0.383 e. The Morgan fingerprint density at radius 2 is 1.59 bits per heavy atom. The molecular weight excluding hydrogens is 421 g/mol. The fourth-order valence-electron chi connectivity index (χ4n) is 3.70. The first kappa shape index (κ1) is 20.3. The fourth-order valence-corrected chi connectivity index (χ4v) is 3.70. The van der Waals surface area contributed by atoms with Gasteiger partial charge in [-0.25, -0.2) is 9.67 Å².